The van der Waals surface area contributed by atoms with E-state index in [-0.39, 0.29) is 0 Å². The maximum absolute atomic E-state index is 5.99. The van der Waals surface area contributed by atoms with Gasteiger partial charge in [0.1, 0.15) is 0 Å². The molecule has 1 aromatic carbocycles. The van der Waals surface area contributed by atoms with Crippen molar-refractivity contribution in [3.05, 3.63) is 41.5 Å². The Morgan fingerprint density at radius 1 is 1.19 bits per heavy atom. The van der Waals surface area contributed by atoms with Crippen molar-refractivity contribution in [2.45, 2.75) is 63.6 Å². The molecule has 0 heterocycles. The monoisotopic (exact) mass is 284 g/mol. The van der Waals surface area contributed by atoms with Gasteiger partial charge in [-0.05, 0) is 50.0 Å². The smallest absolute Gasteiger partial charge is 0.0142 e. The zero-order chi connectivity index (χ0) is 14.7. The van der Waals surface area contributed by atoms with E-state index in [1.807, 2.05) is 0 Å². The molecule has 3 rings (SSSR count). The van der Waals surface area contributed by atoms with Crippen LogP contribution >= 0.6 is 0 Å². The fourth-order valence-electron chi connectivity index (χ4n) is 3.61. The number of nitrogens with two attached hydrogens (primary N) is 1. The predicted molar refractivity (Wildman–Crippen MR) is 90.0 cm³/mol. The van der Waals surface area contributed by atoms with Crippen LogP contribution in [0.25, 0.3) is 6.08 Å². The molecule has 0 spiro atoms. The second kappa shape index (κ2) is 6.76. The van der Waals surface area contributed by atoms with E-state index in [9.17, 15) is 0 Å². The van der Waals surface area contributed by atoms with Crippen LogP contribution in [-0.2, 0) is 0 Å². The predicted octanol–water partition coefficient (Wildman–Crippen LogP) is 3.73. The third-order valence-corrected chi connectivity index (χ3v) is 5.05. The first-order chi connectivity index (χ1) is 10.3. The quantitative estimate of drug-likeness (QED) is 0.864. The van der Waals surface area contributed by atoms with Gasteiger partial charge in [-0.15, -0.1) is 0 Å². The van der Waals surface area contributed by atoms with Gasteiger partial charge in [0.25, 0.3) is 0 Å². The van der Waals surface area contributed by atoms with Gasteiger partial charge in [-0.1, -0.05) is 48.9 Å². The van der Waals surface area contributed by atoms with Crippen LogP contribution in [0.4, 0.5) is 0 Å². The molecule has 2 nitrogen and oxygen atoms in total. The van der Waals surface area contributed by atoms with E-state index in [0.29, 0.717) is 18.1 Å². The minimum Gasteiger partial charge on any atom is -0.328 e. The summed E-state index contributed by atoms with van der Waals surface area (Å²) in [6.45, 7) is 2.28. The van der Waals surface area contributed by atoms with E-state index in [1.54, 1.807) is 5.57 Å². The molecule has 0 amide bonds. The average molecular weight is 284 g/mol. The number of nitrogens with one attached hydrogen (secondary N) is 1. The molecular weight excluding hydrogens is 256 g/mol. The third-order valence-electron chi connectivity index (χ3n) is 5.05. The van der Waals surface area contributed by atoms with Gasteiger partial charge >= 0.3 is 0 Å². The van der Waals surface area contributed by atoms with E-state index in [2.05, 4.69) is 48.6 Å². The summed E-state index contributed by atoms with van der Waals surface area (Å²) < 4.78 is 0. The Morgan fingerprint density at radius 3 is 2.57 bits per heavy atom. The van der Waals surface area contributed by atoms with Crippen LogP contribution in [0.15, 0.2) is 35.9 Å². The van der Waals surface area contributed by atoms with Gasteiger partial charge in [-0.25, -0.2) is 0 Å². The zero-order valence-electron chi connectivity index (χ0n) is 13.1. The normalized spacial score (nSPS) is 33.0. The summed E-state index contributed by atoms with van der Waals surface area (Å²) in [6.07, 6.45) is 9.76. The number of rotatable bonds is 5. The highest BCUT2D eigenvalue weighted by molar-refractivity contribution is 5.54. The second-order valence-corrected chi connectivity index (χ2v) is 6.71. The molecular formula is C19H28N2. The Labute approximate surface area is 128 Å². The van der Waals surface area contributed by atoms with Crippen molar-refractivity contribution in [1.82, 2.24) is 5.32 Å². The lowest BCUT2D eigenvalue weighted by molar-refractivity contribution is 0.338. The zero-order valence-corrected chi connectivity index (χ0v) is 13.1. The van der Waals surface area contributed by atoms with Gasteiger partial charge in [-0.2, -0.15) is 0 Å². The number of hydrogen-bond acceptors (Lipinski definition) is 2. The molecule has 3 N–H and O–H groups in total. The Balaban J connectivity index is 1.54. The van der Waals surface area contributed by atoms with Gasteiger partial charge in [-0.3, -0.25) is 0 Å². The van der Waals surface area contributed by atoms with Crippen molar-refractivity contribution in [3.63, 3.8) is 0 Å². The summed E-state index contributed by atoms with van der Waals surface area (Å²) in [4.78, 5) is 0. The molecule has 2 saturated carbocycles. The molecule has 0 unspecified atom stereocenters. The SMILES string of the molecule is CC/C(=C\c1ccccc1)[C@@H]1C[C@H]1N[C@H]1CC[C@@H](N)CC1. The molecule has 114 valence electrons. The molecule has 2 heteroatoms. The molecule has 1 aromatic rings. The summed E-state index contributed by atoms with van der Waals surface area (Å²) >= 11 is 0. The standard InChI is InChI=1S/C19H28N2/c1-2-15(12-14-6-4-3-5-7-14)18-13-19(18)21-17-10-8-16(20)9-11-17/h3-7,12,16-19,21H,2,8-11,13,20H2,1H3/b15-12+/t16-,17+,18-,19+/m0/s1. The van der Waals surface area contributed by atoms with Crippen LogP contribution in [0.1, 0.15) is 51.0 Å². The second-order valence-electron chi connectivity index (χ2n) is 6.71. The van der Waals surface area contributed by atoms with E-state index in [0.717, 1.165) is 12.3 Å². The lowest BCUT2D eigenvalue weighted by Crippen LogP contribution is -2.38. The molecule has 0 aromatic heterocycles. The van der Waals surface area contributed by atoms with Crippen molar-refractivity contribution in [2.24, 2.45) is 11.7 Å². The van der Waals surface area contributed by atoms with Crippen LogP contribution in [0.2, 0.25) is 0 Å². The third kappa shape index (κ3) is 3.96. The summed E-state index contributed by atoms with van der Waals surface area (Å²) in [5, 5.41) is 3.87. The minimum absolute atomic E-state index is 0.447. The first-order valence-corrected chi connectivity index (χ1v) is 8.53. The fourth-order valence-corrected chi connectivity index (χ4v) is 3.61. The highest BCUT2D eigenvalue weighted by atomic mass is 15.0. The van der Waals surface area contributed by atoms with Crippen molar-refractivity contribution in [1.29, 1.82) is 0 Å². The van der Waals surface area contributed by atoms with Crippen molar-refractivity contribution in [2.75, 3.05) is 0 Å². The van der Waals surface area contributed by atoms with Crippen molar-refractivity contribution >= 4 is 6.08 Å². The van der Waals surface area contributed by atoms with Gasteiger partial charge in [0, 0.05) is 18.1 Å². The van der Waals surface area contributed by atoms with Crippen LogP contribution in [0.3, 0.4) is 0 Å². The molecule has 2 atom stereocenters. The van der Waals surface area contributed by atoms with Gasteiger partial charge in [0.05, 0.1) is 0 Å². The topological polar surface area (TPSA) is 38.0 Å². The lowest BCUT2D eigenvalue weighted by Gasteiger charge is -2.27. The maximum atomic E-state index is 5.99. The largest absolute Gasteiger partial charge is 0.328 e. The summed E-state index contributed by atoms with van der Waals surface area (Å²) in [6, 6.07) is 12.6. The first kappa shape index (κ1) is 14.8. The lowest BCUT2D eigenvalue weighted by atomic mass is 9.91. The van der Waals surface area contributed by atoms with Crippen LogP contribution in [-0.4, -0.2) is 18.1 Å². The molecule has 21 heavy (non-hydrogen) atoms. The van der Waals surface area contributed by atoms with E-state index in [4.69, 9.17) is 5.73 Å². The molecule has 2 fully saturated rings. The van der Waals surface area contributed by atoms with E-state index < -0.39 is 0 Å². The molecule has 2 aliphatic carbocycles. The van der Waals surface area contributed by atoms with Crippen LogP contribution in [0.5, 0.6) is 0 Å². The molecule has 2 aliphatic rings. The van der Waals surface area contributed by atoms with Crippen molar-refractivity contribution < 1.29 is 0 Å². The number of benzene rings is 1. The molecule has 0 bridgehead atoms. The molecule has 0 aliphatic heterocycles. The maximum Gasteiger partial charge on any atom is 0.0142 e. The van der Waals surface area contributed by atoms with Gasteiger partial charge in [0.15, 0.2) is 0 Å². The minimum atomic E-state index is 0.447. The fraction of sp³-hybridized carbons (Fsp3) is 0.579. The van der Waals surface area contributed by atoms with E-state index in [1.165, 1.54) is 37.7 Å². The molecule has 0 radical (unpaired) electrons. The van der Waals surface area contributed by atoms with Crippen LogP contribution in [0, 0.1) is 5.92 Å². The van der Waals surface area contributed by atoms with Crippen molar-refractivity contribution in [3.8, 4) is 0 Å². The summed E-state index contributed by atoms with van der Waals surface area (Å²) in [7, 11) is 0. The van der Waals surface area contributed by atoms with Crippen LogP contribution < -0.4 is 11.1 Å². The Morgan fingerprint density at radius 2 is 1.90 bits per heavy atom. The highest BCUT2D eigenvalue weighted by Gasteiger charge is 2.40. The summed E-state index contributed by atoms with van der Waals surface area (Å²) in [5.74, 6) is 0.755. The first-order valence-electron chi connectivity index (χ1n) is 8.53. The highest BCUT2D eigenvalue weighted by Crippen LogP contribution is 2.40. The van der Waals surface area contributed by atoms with Gasteiger partial charge in [0.2, 0.25) is 0 Å². The van der Waals surface area contributed by atoms with Gasteiger partial charge < -0.3 is 11.1 Å². The average Bonchev–Trinajstić information content (AvgIpc) is 3.27. The summed E-state index contributed by atoms with van der Waals surface area (Å²) in [5.41, 5.74) is 8.93. The Hall–Kier alpha value is -1.12. The van der Waals surface area contributed by atoms with E-state index >= 15 is 0 Å². The number of hydrogen-bond donors (Lipinski definition) is 2. The Bertz CT molecular complexity index is 472. The molecule has 0 saturated heterocycles. The Kier molecular flexibility index (Phi) is 4.77.